The lowest BCUT2D eigenvalue weighted by Gasteiger charge is -2.51. The lowest BCUT2D eigenvalue weighted by Crippen LogP contribution is -2.66. The van der Waals surface area contributed by atoms with Gasteiger partial charge in [0.25, 0.3) is 0 Å². The van der Waals surface area contributed by atoms with Gasteiger partial charge in [0.05, 0.1) is 25.2 Å². The Labute approximate surface area is 318 Å². The maximum atomic E-state index is 12.1. The quantitative estimate of drug-likeness (QED) is 0.145. The van der Waals surface area contributed by atoms with Crippen molar-refractivity contribution >= 4 is 72.6 Å². The third-order valence-electron chi connectivity index (χ3n) is 8.45. The number of thioether (sulfide) groups is 1. The summed E-state index contributed by atoms with van der Waals surface area (Å²) in [6.45, 7) is 29.3. The molecule has 4 rings (SSSR count). The first-order valence-electron chi connectivity index (χ1n) is 16.9. The molecular formula is C32H72B2O11P2SSi2. The third-order valence-corrected chi connectivity index (χ3v) is 19.9. The molecule has 18 heteroatoms. The molecule has 2 radical (unpaired) electrons. The maximum absolute atomic E-state index is 12.1. The Morgan fingerprint density at radius 3 is 1.74 bits per heavy atom. The Morgan fingerprint density at radius 2 is 1.32 bits per heavy atom. The number of hydrogen-bond acceptors (Lipinski definition) is 12. The summed E-state index contributed by atoms with van der Waals surface area (Å²) in [5.41, 5.74) is 0.968. The number of fused-ring (bicyclic) bond motifs is 2. The van der Waals surface area contributed by atoms with Crippen LogP contribution in [-0.2, 0) is 36.7 Å². The summed E-state index contributed by atoms with van der Waals surface area (Å²) < 4.78 is 48.0. The van der Waals surface area contributed by atoms with Crippen LogP contribution in [0.2, 0.25) is 22.2 Å². The smallest absolute Gasteiger partial charge is 0.449 e. The highest BCUT2D eigenvalue weighted by molar-refractivity contribution is 8.12. The third kappa shape index (κ3) is 12.4. The van der Waals surface area contributed by atoms with Gasteiger partial charge in [-0.3, -0.25) is 0 Å². The Bertz CT molecular complexity index is 926. The first kappa shape index (κ1) is 54.6. The largest absolute Gasteiger partial charge is 0.509 e. The van der Waals surface area contributed by atoms with Gasteiger partial charge in [0.15, 0.2) is 26.2 Å². The topological polar surface area (TPSA) is 128 Å². The fourth-order valence-electron chi connectivity index (χ4n) is 6.20. The highest BCUT2D eigenvalue weighted by Crippen LogP contribution is 2.48. The van der Waals surface area contributed by atoms with E-state index >= 15 is 0 Å². The zero-order valence-corrected chi connectivity index (χ0v) is 35.7. The minimum absolute atomic E-state index is 0. The highest BCUT2D eigenvalue weighted by atomic mass is 32.2. The van der Waals surface area contributed by atoms with Crippen molar-refractivity contribution in [3.8, 4) is 0 Å². The molecule has 0 aromatic heterocycles. The Hall–Kier alpha value is 0.274. The van der Waals surface area contributed by atoms with E-state index in [9.17, 15) is 9.59 Å². The lowest BCUT2D eigenvalue weighted by molar-refractivity contribution is -0.0321. The predicted octanol–water partition coefficient (Wildman–Crippen LogP) is 8.09. The first-order valence-corrected chi connectivity index (χ1v) is 23.4. The van der Waals surface area contributed by atoms with E-state index in [-0.39, 0.29) is 74.5 Å². The molecule has 10 atom stereocenters. The van der Waals surface area contributed by atoms with E-state index in [2.05, 4.69) is 73.6 Å². The summed E-state index contributed by atoms with van der Waals surface area (Å²) in [5, 5.41) is 8.59. The maximum Gasteiger partial charge on any atom is 0.509 e. The van der Waals surface area contributed by atoms with Crippen molar-refractivity contribution in [1.29, 1.82) is 0 Å². The van der Waals surface area contributed by atoms with Crippen molar-refractivity contribution in [3.63, 3.8) is 0 Å². The van der Waals surface area contributed by atoms with Gasteiger partial charge in [0.2, 0.25) is 0 Å². The van der Waals surface area contributed by atoms with Crippen LogP contribution in [0.25, 0.3) is 0 Å². The first-order chi connectivity index (χ1) is 22.2. The predicted molar refractivity (Wildman–Crippen MR) is 221 cm³/mol. The number of hydrogen-bond donors (Lipinski definition) is 1. The molecule has 0 saturated carbocycles. The Kier molecular flexibility index (Phi) is 27.7. The second-order valence-electron chi connectivity index (χ2n) is 12.4. The molecule has 4 saturated heterocycles. The summed E-state index contributed by atoms with van der Waals surface area (Å²) in [5.74, 6) is 0. The van der Waals surface area contributed by atoms with E-state index in [1.165, 1.54) is 0 Å². The molecule has 4 aliphatic heterocycles. The molecule has 0 aromatic rings. The van der Waals surface area contributed by atoms with Crippen LogP contribution in [0.3, 0.4) is 0 Å². The van der Waals surface area contributed by atoms with Crippen LogP contribution in [0.5, 0.6) is 0 Å². The molecule has 1 N–H and O–H groups in total. The molecule has 0 amide bonds. The van der Waals surface area contributed by atoms with Crippen molar-refractivity contribution in [2.75, 3.05) is 19.5 Å². The summed E-state index contributed by atoms with van der Waals surface area (Å²) in [7, 11) is -0.406. The molecule has 11 nitrogen and oxygen atoms in total. The summed E-state index contributed by atoms with van der Waals surface area (Å²) in [6, 6.07) is -0.665. The van der Waals surface area contributed by atoms with Crippen LogP contribution in [0.15, 0.2) is 0 Å². The summed E-state index contributed by atoms with van der Waals surface area (Å²) in [6.07, 6.45) is -1.56. The van der Waals surface area contributed by atoms with Crippen LogP contribution in [0, 0.1) is 0 Å². The van der Waals surface area contributed by atoms with E-state index in [4.69, 9.17) is 41.8 Å². The molecule has 4 unspecified atom stereocenters. The van der Waals surface area contributed by atoms with E-state index in [1.807, 2.05) is 34.7 Å². The zero-order valence-electron chi connectivity index (χ0n) is 30.6. The van der Waals surface area contributed by atoms with Gasteiger partial charge in [0.1, 0.15) is 24.4 Å². The fourth-order valence-corrected chi connectivity index (χ4v) is 18.2. The van der Waals surface area contributed by atoms with E-state index < -0.39 is 53.8 Å². The minimum atomic E-state index is -2.77. The van der Waals surface area contributed by atoms with Gasteiger partial charge in [-0.2, -0.15) is 18.2 Å². The number of aliphatic hydroxyl groups excluding tert-OH is 1. The number of rotatable bonds is 8. The SMILES string of the molecule is C.C.C.CC.CC.CSC(=O)OC1[C@H]([B]P)O[C@@H]2CO[Si](C(C)C)(C(C)C)O[Si](C(C)C)(C(C)C)O[C@H]12.O=C1OC2[C@H]([B]P)O[C@H](CO)[C@@H]2O1. The van der Waals surface area contributed by atoms with Crippen LogP contribution in [0.1, 0.15) is 105 Å². The Morgan fingerprint density at radius 1 is 0.840 bits per heavy atom. The number of carbonyl (C=O) groups is 2. The van der Waals surface area contributed by atoms with E-state index in [0.29, 0.717) is 6.61 Å². The normalized spacial score (nSPS) is 29.9. The average Bonchev–Trinajstić information content (AvgIpc) is 3.68. The summed E-state index contributed by atoms with van der Waals surface area (Å²) in [4.78, 5) is 22.9. The van der Waals surface area contributed by atoms with Gasteiger partial charge in [-0.1, -0.05) is 105 Å². The van der Waals surface area contributed by atoms with Crippen molar-refractivity contribution in [2.24, 2.45) is 0 Å². The average molecular weight is 805 g/mol. The molecule has 0 aliphatic carbocycles. The van der Waals surface area contributed by atoms with Gasteiger partial charge < -0.3 is 41.8 Å². The van der Waals surface area contributed by atoms with Crippen LogP contribution >= 0.6 is 30.0 Å². The minimum Gasteiger partial charge on any atom is -0.449 e. The molecule has 4 fully saturated rings. The standard InChI is InChI=1S/C19H39BO6PSSi2.C6H9BO5P.2C2H6.3CH4/c1-11(2)29(12(3)4)22-10-15-16(25-30(26-29,13(5)6)14(7)8)17(18(20-27)23-15)24-19(21)28-9;8-1-2-3-4(5(7-13)10-2)12-6(9)11-3;2*1-2;;;/h11-18H,10,27H2,1-9H3;2-5,8H,1,13H2;2*1-2H3;3*1H4/t15-,16+,17?,18-;2-,3+,4?,5-;;;;;/m11...../s1. The second-order valence-corrected chi connectivity index (χ2v) is 22.7. The zero-order chi connectivity index (χ0) is 36.3. The number of carbonyl (C=O) groups excluding carboxylic acids is 2. The van der Waals surface area contributed by atoms with Gasteiger partial charge in [0, 0.05) is 0 Å². The van der Waals surface area contributed by atoms with Crippen molar-refractivity contribution in [2.45, 2.75) is 176 Å². The molecule has 4 heterocycles. The van der Waals surface area contributed by atoms with E-state index in [1.54, 1.807) is 13.3 Å². The van der Waals surface area contributed by atoms with Crippen LogP contribution < -0.4 is 0 Å². The molecule has 50 heavy (non-hydrogen) atoms. The molecule has 0 aromatic carbocycles. The van der Waals surface area contributed by atoms with Crippen molar-refractivity contribution < 1.29 is 51.3 Å². The molecular weight excluding hydrogens is 732 g/mol. The number of ether oxygens (including phenoxy) is 5. The van der Waals surface area contributed by atoms with Crippen molar-refractivity contribution in [3.05, 3.63) is 0 Å². The molecule has 0 spiro atoms. The number of aliphatic hydroxyl groups is 1. The molecule has 296 valence electrons. The van der Waals surface area contributed by atoms with Gasteiger partial charge in [-0.25, -0.2) is 9.59 Å². The van der Waals surface area contributed by atoms with Gasteiger partial charge >= 0.3 is 28.6 Å². The Balaban J connectivity index is -0.000000926. The van der Waals surface area contributed by atoms with Crippen molar-refractivity contribution in [1.82, 2.24) is 0 Å². The van der Waals surface area contributed by atoms with Gasteiger partial charge in [-0.05, 0) is 40.2 Å². The van der Waals surface area contributed by atoms with E-state index in [0.717, 1.165) is 11.8 Å². The van der Waals surface area contributed by atoms with Gasteiger partial charge in [-0.15, -0.1) is 0 Å². The molecule has 0 bridgehead atoms. The monoisotopic (exact) mass is 804 g/mol. The van der Waals surface area contributed by atoms with Crippen LogP contribution in [-0.4, -0.2) is 116 Å². The highest BCUT2D eigenvalue weighted by Gasteiger charge is 2.62. The summed E-state index contributed by atoms with van der Waals surface area (Å²) >= 11 is 1.06. The van der Waals surface area contributed by atoms with Crippen LogP contribution in [0.4, 0.5) is 9.59 Å². The lowest BCUT2D eigenvalue weighted by atomic mass is 9.91. The fraction of sp³-hybridized carbons (Fsp3) is 0.938. The second kappa shape index (κ2) is 25.4. The molecule has 4 aliphatic rings.